The van der Waals surface area contributed by atoms with Gasteiger partial charge >= 0.3 is 12.1 Å². The van der Waals surface area contributed by atoms with E-state index in [4.69, 9.17) is 9.47 Å². The number of alkyl carbamates (subject to hydrolysis) is 1. The topological polar surface area (TPSA) is 81.7 Å². The molecule has 6 heteroatoms. The van der Waals surface area contributed by atoms with Gasteiger partial charge in [0, 0.05) is 0 Å². The fraction of sp³-hybridized carbons (Fsp3) is 0.409. The highest BCUT2D eigenvalue weighted by Gasteiger charge is 2.22. The predicted molar refractivity (Wildman–Crippen MR) is 108 cm³/mol. The summed E-state index contributed by atoms with van der Waals surface area (Å²) >= 11 is 0. The molecular weight excluding hydrogens is 358 g/mol. The summed E-state index contributed by atoms with van der Waals surface area (Å²) < 4.78 is 10.2. The largest absolute Gasteiger partial charge is 0.461 e. The molecule has 0 saturated carbocycles. The molecule has 0 fully saturated rings. The van der Waals surface area contributed by atoms with Crippen LogP contribution in [0.3, 0.4) is 0 Å². The zero-order valence-corrected chi connectivity index (χ0v) is 16.8. The molecule has 6 nitrogen and oxygen atoms in total. The number of ether oxygens (including phenoxy) is 2. The molecular formula is C22H29NO5. The van der Waals surface area contributed by atoms with E-state index in [1.54, 1.807) is 0 Å². The van der Waals surface area contributed by atoms with Crippen molar-refractivity contribution in [3.05, 3.63) is 59.7 Å². The fourth-order valence-electron chi connectivity index (χ4n) is 2.37. The number of amides is 1. The van der Waals surface area contributed by atoms with Gasteiger partial charge in [0.1, 0.15) is 19.3 Å². The number of hydrogen-bond donors (Lipinski definition) is 1. The second-order valence-electron chi connectivity index (χ2n) is 5.99. The van der Waals surface area contributed by atoms with Crippen LogP contribution in [0.5, 0.6) is 0 Å². The second kappa shape index (κ2) is 13.3. The van der Waals surface area contributed by atoms with Gasteiger partial charge in [0.15, 0.2) is 5.78 Å². The average Bonchev–Trinajstić information content (AvgIpc) is 2.73. The van der Waals surface area contributed by atoms with Gasteiger partial charge in [-0.05, 0) is 30.9 Å². The second-order valence-corrected chi connectivity index (χ2v) is 5.99. The van der Waals surface area contributed by atoms with Crippen molar-refractivity contribution in [3.63, 3.8) is 0 Å². The summed E-state index contributed by atoms with van der Waals surface area (Å²) in [4.78, 5) is 35.5. The third kappa shape index (κ3) is 9.16. The van der Waals surface area contributed by atoms with Gasteiger partial charge in [-0.25, -0.2) is 4.79 Å². The van der Waals surface area contributed by atoms with Crippen molar-refractivity contribution < 1.29 is 23.9 Å². The summed E-state index contributed by atoms with van der Waals surface area (Å²) in [6.45, 7) is 5.56. The minimum atomic E-state index is -0.971. The van der Waals surface area contributed by atoms with Crippen molar-refractivity contribution in [1.82, 2.24) is 5.32 Å². The molecule has 28 heavy (non-hydrogen) atoms. The number of nitrogens with one attached hydrogen (secondary N) is 1. The van der Waals surface area contributed by atoms with Crippen LogP contribution >= 0.6 is 0 Å². The number of rotatable bonds is 8. The van der Waals surface area contributed by atoms with Crippen LogP contribution in [0.25, 0.3) is 0 Å². The van der Waals surface area contributed by atoms with Crippen LogP contribution in [0, 0.1) is 0 Å². The minimum Gasteiger partial charge on any atom is -0.461 e. The van der Waals surface area contributed by atoms with Crippen molar-refractivity contribution >= 4 is 17.8 Å². The molecule has 0 spiro atoms. The predicted octanol–water partition coefficient (Wildman–Crippen LogP) is 4.11. The highest BCUT2D eigenvalue weighted by atomic mass is 16.5. The van der Waals surface area contributed by atoms with Gasteiger partial charge in [-0.3, -0.25) is 9.59 Å². The SMILES string of the molecule is CC.CC(=O)[C@@H](CC(=O)OCc1ccccc1)NC(=O)OCC1=CCCC=C1. The van der Waals surface area contributed by atoms with Gasteiger partial charge in [-0.15, -0.1) is 0 Å². The standard InChI is InChI=1S/C20H23NO5.C2H6/c1-15(22)18(12-19(23)25-13-16-8-4-2-5-9-16)21-20(24)26-14-17-10-6-3-7-11-17;1-2/h2,4-6,8-11,18H,3,7,12-14H2,1H3,(H,21,24);1-2H3/t18-;/m1./s1. The summed E-state index contributed by atoms with van der Waals surface area (Å²) in [5.41, 5.74) is 1.76. The lowest BCUT2D eigenvalue weighted by Crippen LogP contribution is -2.42. The third-order valence-corrected chi connectivity index (χ3v) is 3.84. The van der Waals surface area contributed by atoms with E-state index in [9.17, 15) is 14.4 Å². The molecule has 0 aromatic heterocycles. The molecule has 1 aliphatic carbocycles. The Bertz CT molecular complexity index is 694. The van der Waals surface area contributed by atoms with E-state index in [0.29, 0.717) is 0 Å². The first kappa shape index (κ1) is 23.1. The number of allylic oxidation sites excluding steroid dienone is 2. The molecule has 0 saturated heterocycles. The average molecular weight is 387 g/mol. The molecule has 152 valence electrons. The van der Waals surface area contributed by atoms with Crippen LogP contribution in [-0.4, -0.2) is 30.5 Å². The molecule has 2 rings (SSSR count). The smallest absolute Gasteiger partial charge is 0.408 e. The molecule has 1 aliphatic rings. The van der Waals surface area contributed by atoms with Crippen LogP contribution in [0.1, 0.15) is 45.6 Å². The van der Waals surface area contributed by atoms with Crippen LogP contribution in [0.4, 0.5) is 4.79 Å². The lowest BCUT2D eigenvalue weighted by Gasteiger charge is -2.16. The van der Waals surface area contributed by atoms with E-state index in [2.05, 4.69) is 5.32 Å². The zero-order chi connectivity index (χ0) is 20.8. The molecule has 0 radical (unpaired) electrons. The van der Waals surface area contributed by atoms with Gasteiger partial charge in [-0.1, -0.05) is 62.4 Å². The monoisotopic (exact) mass is 387 g/mol. The number of ketones is 1. The Morgan fingerprint density at radius 3 is 2.36 bits per heavy atom. The van der Waals surface area contributed by atoms with E-state index >= 15 is 0 Å². The molecule has 0 bridgehead atoms. The Morgan fingerprint density at radius 1 is 1.04 bits per heavy atom. The summed E-state index contributed by atoms with van der Waals surface area (Å²) in [6, 6.07) is 8.25. The summed E-state index contributed by atoms with van der Waals surface area (Å²) in [5, 5.41) is 2.42. The Labute approximate surface area is 166 Å². The van der Waals surface area contributed by atoms with E-state index in [-0.39, 0.29) is 25.4 Å². The van der Waals surface area contributed by atoms with Gasteiger partial charge in [0.05, 0.1) is 6.42 Å². The van der Waals surface area contributed by atoms with Crippen molar-refractivity contribution in [2.75, 3.05) is 6.61 Å². The highest BCUT2D eigenvalue weighted by molar-refractivity contribution is 5.89. The van der Waals surface area contributed by atoms with E-state index in [1.807, 2.05) is 62.4 Å². The molecule has 1 aromatic carbocycles. The van der Waals surface area contributed by atoms with E-state index < -0.39 is 18.1 Å². The van der Waals surface area contributed by atoms with Gasteiger partial charge in [0.2, 0.25) is 0 Å². The van der Waals surface area contributed by atoms with Crippen molar-refractivity contribution in [2.24, 2.45) is 0 Å². The lowest BCUT2D eigenvalue weighted by atomic mass is 10.1. The maximum absolute atomic E-state index is 11.9. The zero-order valence-electron chi connectivity index (χ0n) is 16.8. The maximum atomic E-state index is 11.9. The molecule has 0 heterocycles. The third-order valence-electron chi connectivity index (χ3n) is 3.84. The van der Waals surface area contributed by atoms with Crippen LogP contribution in [-0.2, 0) is 25.7 Å². The fourth-order valence-corrected chi connectivity index (χ4v) is 2.37. The normalized spacial score (nSPS) is 13.3. The number of hydrogen-bond acceptors (Lipinski definition) is 5. The number of carbonyl (C=O) groups is 3. The first-order valence-electron chi connectivity index (χ1n) is 9.53. The summed E-state index contributed by atoms with van der Waals surface area (Å²) in [5.74, 6) is -0.900. The number of carbonyl (C=O) groups excluding carboxylic acids is 3. The maximum Gasteiger partial charge on any atom is 0.408 e. The highest BCUT2D eigenvalue weighted by Crippen LogP contribution is 2.10. The van der Waals surface area contributed by atoms with Crippen molar-refractivity contribution in [3.8, 4) is 0 Å². The summed E-state index contributed by atoms with van der Waals surface area (Å²) in [7, 11) is 0. The van der Waals surface area contributed by atoms with Gasteiger partial charge < -0.3 is 14.8 Å². The van der Waals surface area contributed by atoms with Crippen molar-refractivity contribution in [2.45, 2.75) is 52.7 Å². The van der Waals surface area contributed by atoms with Gasteiger partial charge in [-0.2, -0.15) is 0 Å². The Morgan fingerprint density at radius 2 is 1.75 bits per heavy atom. The lowest BCUT2D eigenvalue weighted by molar-refractivity contribution is -0.146. The Kier molecular flexibility index (Phi) is 11.0. The molecule has 0 unspecified atom stereocenters. The Hall–Kier alpha value is -2.89. The molecule has 1 amide bonds. The quantitative estimate of drug-likeness (QED) is 0.679. The van der Waals surface area contributed by atoms with Gasteiger partial charge in [0.25, 0.3) is 0 Å². The van der Waals surface area contributed by atoms with E-state index in [0.717, 1.165) is 24.0 Å². The minimum absolute atomic E-state index is 0.120. The molecule has 1 atom stereocenters. The molecule has 0 aliphatic heterocycles. The Balaban J connectivity index is 0.00000190. The van der Waals surface area contributed by atoms with E-state index in [1.165, 1.54) is 6.92 Å². The first-order valence-corrected chi connectivity index (χ1v) is 9.53. The molecule has 1 aromatic rings. The van der Waals surface area contributed by atoms with Crippen LogP contribution < -0.4 is 5.32 Å². The number of benzene rings is 1. The number of esters is 1. The number of Topliss-reactive ketones (excluding diaryl/α,β-unsaturated/α-hetero) is 1. The van der Waals surface area contributed by atoms with Crippen LogP contribution in [0.15, 0.2) is 54.1 Å². The molecule has 1 N–H and O–H groups in total. The summed E-state index contributed by atoms with van der Waals surface area (Å²) in [6.07, 6.45) is 6.84. The first-order chi connectivity index (χ1) is 13.5. The van der Waals surface area contributed by atoms with Crippen LogP contribution in [0.2, 0.25) is 0 Å². The van der Waals surface area contributed by atoms with Crippen molar-refractivity contribution in [1.29, 1.82) is 0 Å².